The van der Waals surface area contributed by atoms with Crippen LogP contribution in [0.15, 0.2) is 48.5 Å². The van der Waals surface area contributed by atoms with E-state index in [0.29, 0.717) is 24.3 Å². The third-order valence-corrected chi connectivity index (χ3v) is 4.52. The van der Waals surface area contributed by atoms with Crippen LogP contribution in [0.3, 0.4) is 0 Å². The van der Waals surface area contributed by atoms with Gasteiger partial charge < -0.3 is 4.74 Å². The molecule has 7 heteroatoms. The minimum Gasteiger partial charge on any atom is -0.469 e. The highest BCUT2D eigenvalue weighted by molar-refractivity contribution is 6.06. The van der Waals surface area contributed by atoms with Gasteiger partial charge in [-0.2, -0.15) is 5.26 Å². The van der Waals surface area contributed by atoms with Crippen molar-refractivity contribution in [2.24, 2.45) is 0 Å². The van der Waals surface area contributed by atoms with E-state index >= 15 is 0 Å². The first-order chi connectivity index (χ1) is 13.0. The third kappa shape index (κ3) is 3.75. The van der Waals surface area contributed by atoms with Crippen LogP contribution in [0.1, 0.15) is 18.4 Å². The number of hydrogen-bond donors (Lipinski definition) is 0. The van der Waals surface area contributed by atoms with E-state index in [9.17, 15) is 14.0 Å². The van der Waals surface area contributed by atoms with E-state index in [0.717, 1.165) is 0 Å². The second-order valence-electron chi connectivity index (χ2n) is 6.14. The molecule has 0 N–H and O–H groups in total. The Kier molecular flexibility index (Phi) is 5.36. The smallest absolute Gasteiger partial charge is 0.329 e. The van der Waals surface area contributed by atoms with E-state index in [1.54, 1.807) is 17.0 Å². The van der Waals surface area contributed by atoms with E-state index in [1.165, 1.54) is 24.1 Å². The third-order valence-electron chi connectivity index (χ3n) is 4.52. The second-order valence-corrected chi connectivity index (χ2v) is 6.14. The van der Waals surface area contributed by atoms with Gasteiger partial charge in [0.1, 0.15) is 11.9 Å². The number of halogens is 1. The van der Waals surface area contributed by atoms with Crippen molar-refractivity contribution in [3.05, 3.63) is 59.9 Å². The predicted octanol–water partition coefficient (Wildman–Crippen LogP) is 3.47. The number of amides is 2. The number of methoxy groups -OCH3 is 1. The van der Waals surface area contributed by atoms with Crippen molar-refractivity contribution in [2.45, 2.75) is 18.9 Å². The Morgan fingerprint density at radius 3 is 2.63 bits per heavy atom. The molecule has 0 saturated carbocycles. The highest BCUT2D eigenvalue weighted by Crippen LogP contribution is 2.31. The summed E-state index contributed by atoms with van der Waals surface area (Å²) in [5.74, 6) is -1.02. The Bertz CT molecular complexity index is 895. The number of carbonyl (C=O) groups is 2. The molecule has 0 bridgehead atoms. The van der Waals surface area contributed by atoms with Crippen LogP contribution in [0.25, 0.3) is 0 Å². The maximum Gasteiger partial charge on any atom is 0.329 e. The van der Waals surface area contributed by atoms with Crippen LogP contribution in [0.4, 0.5) is 20.6 Å². The number of anilines is 2. The van der Waals surface area contributed by atoms with Crippen LogP contribution in [0.5, 0.6) is 0 Å². The molecule has 2 aromatic carbocycles. The molecule has 1 atom stereocenters. The minimum absolute atomic E-state index is 0.0763. The summed E-state index contributed by atoms with van der Waals surface area (Å²) >= 11 is 0. The lowest BCUT2D eigenvalue weighted by molar-refractivity contribution is -0.140. The Labute approximate surface area is 156 Å². The molecule has 27 heavy (non-hydrogen) atoms. The van der Waals surface area contributed by atoms with Crippen molar-refractivity contribution in [1.29, 1.82) is 5.26 Å². The molecule has 1 aliphatic rings. The Hall–Kier alpha value is -3.40. The molecule has 1 aliphatic heterocycles. The van der Waals surface area contributed by atoms with Crippen LogP contribution in [0, 0.1) is 17.1 Å². The normalized spacial score (nSPS) is 16.3. The molecule has 0 spiro atoms. The molecule has 1 fully saturated rings. The lowest BCUT2D eigenvalue weighted by Gasteiger charge is -2.23. The summed E-state index contributed by atoms with van der Waals surface area (Å²) in [6.07, 6.45) is 0.593. The Morgan fingerprint density at radius 2 is 2.00 bits per heavy atom. The van der Waals surface area contributed by atoms with Gasteiger partial charge in [0, 0.05) is 24.3 Å². The zero-order valence-corrected chi connectivity index (χ0v) is 14.8. The van der Waals surface area contributed by atoms with E-state index < -0.39 is 5.82 Å². The molecule has 1 unspecified atom stereocenters. The van der Waals surface area contributed by atoms with Gasteiger partial charge >= 0.3 is 12.0 Å². The van der Waals surface area contributed by atoms with Crippen molar-refractivity contribution in [3.63, 3.8) is 0 Å². The number of hydrogen-bond acceptors (Lipinski definition) is 4. The lowest BCUT2D eigenvalue weighted by atomic mass is 10.1. The van der Waals surface area contributed by atoms with E-state index in [2.05, 4.69) is 0 Å². The van der Waals surface area contributed by atoms with Crippen molar-refractivity contribution in [1.82, 2.24) is 0 Å². The number of benzene rings is 2. The van der Waals surface area contributed by atoms with Crippen molar-refractivity contribution < 1.29 is 18.7 Å². The fraction of sp³-hybridized carbons (Fsp3) is 0.250. The van der Waals surface area contributed by atoms with Gasteiger partial charge in [-0.25, -0.2) is 9.18 Å². The number of para-hydroxylation sites is 1. The molecule has 1 heterocycles. The van der Waals surface area contributed by atoms with E-state index in [1.807, 2.05) is 30.3 Å². The van der Waals surface area contributed by atoms with E-state index in [4.69, 9.17) is 10.00 Å². The fourth-order valence-electron chi connectivity index (χ4n) is 3.15. The highest BCUT2D eigenvalue weighted by Gasteiger charge is 2.39. The molecule has 138 valence electrons. The van der Waals surface area contributed by atoms with E-state index in [-0.39, 0.29) is 30.0 Å². The monoisotopic (exact) mass is 367 g/mol. The maximum absolute atomic E-state index is 14.0. The fourth-order valence-corrected chi connectivity index (χ4v) is 3.15. The molecule has 1 saturated heterocycles. The van der Waals surface area contributed by atoms with Crippen LogP contribution in [-0.2, 0) is 9.53 Å². The molecule has 2 amide bonds. The standard InChI is InChI=1S/C20H18FN3O3/c1-27-19(25)10-9-17-13-23(16-8-7-14(12-22)18(21)11-16)20(26)24(17)15-5-3-2-4-6-15/h2-8,11,17H,9-10,13H2,1H3. The van der Waals surface area contributed by atoms with Crippen molar-refractivity contribution in [3.8, 4) is 6.07 Å². The SMILES string of the molecule is COC(=O)CCC1CN(c2ccc(C#N)c(F)c2)C(=O)N1c1ccccc1. The van der Waals surface area contributed by atoms with Gasteiger partial charge in [0.25, 0.3) is 0 Å². The number of esters is 1. The molecule has 2 aromatic rings. The first kappa shape index (κ1) is 18.4. The van der Waals surface area contributed by atoms with Crippen molar-refractivity contribution >= 4 is 23.4 Å². The van der Waals surface area contributed by atoms with Crippen LogP contribution in [0.2, 0.25) is 0 Å². The number of rotatable bonds is 5. The molecule has 0 aromatic heterocycles. The number of ether oxygens (including phenoxy) is 1. The largest absolute Gasteiger partial charge is 0.469 e. The molecule has 3 rings (SSSR count). The van der Waals surface area contributed by atoms with Crippen LogP contribution >= 0.6 is 0 Å². The lowest BCUT2D eigenvalue weighted by Crippen LogP contribution is -2.35. The molecule has 0 aliphatic carbocycles. The first-order valence-corrected chi connectivity index (χ1v) is 8.47. The van der Waals surface area contributed by atoms with Gasteiger partial charge in [0.15, 0.2) is 0 Å². The van der Waals surface area contributed by atoms with Crippen LogP contribution in [-0.4, -0.2) is 31.7 Å². The van der Waals surface area contributed by atoms with Gasteiger partial charge in [-0.1, -0.05) is 18.2 Å². The summed E-state index contributed by atoms with van der Waals surface area (Å²) in [5, 5.41) is 8.88. The zero-order valence-electron chi connectivity index (χ0n) is 14.8. The summed E-state index contributed by atoms with van der Waals surface area (Å²) in [6, 6.07) is 14.4. The summed E-state index contributed by atoms with van der Waals surface area (Å²) in [7, 11) is 1.32. The highest BCUT2D eigenvalue weighted by atomic mass is 19.1. The number of nitriles is 1. The number of carbonyl (C=O) groups excluding carboxylic acids is 2. The maximum atomic E-state index is 14.0. The van der Waals surface area contributed by atoms with Gasteiger partial charge in [-0.3, -0.25) is 14.6 Å². The Morgan fingerprint density at radius 1 is 1.26 bits per heavy atom. The topological polar surface area (TPSA) is 73.6 Å². The number of nitrogens with zero attached hydrogens (tertiary/aromatic N) is 3. The Balaban J connectivity index is 1.91. The summed E-state index contributed by atoms with van der Waals surface area (Å²) < 4.78 is 18.7. The van der Waals surface area contributed by atoms with Gasteiger partial charge in [-0.05, 0) is 36.8 Å². The molecule has 0 radical (unpaired) electrons. The first-order valence-electron chi connectivity index (χ1n) is 8.47. The molecule has 6 nitrogen and oxygen atoms in total. The summed E-state index contributed by atoms with van der Waals surface area (Å²) in [6.45, 7) is 0.302. The second kappa shape index (κ2) is 7.87. The van der Waals surface area contributed by atoms with Gasteiger partial charge in [0.05, 0.1) is 18.7 Å². The predicted molar refractivity (Wildman–Crippen MR) is 97.8 cm³/mol. The summed E-state index contributed by atoms with van der Waals surface area (Å²) in [5.41, 5.74) is 1.000. The zero-order chi connectivity index (χ0) is 19.4. The quantitative estimate of drug-likeness (QED) is 0.759. The van der Waals surface area contributed by atoms with Gasteiger partial charge in [-0.15, -0.1) is 0 Å². The molecular weight excluding hydrogens is 349 g/mol. The van der Waals surface area contributed by atoms with Crippen LogP contribution < -0.4 is 9.80 Å². The van der Waals surface area contributed by atoms with Gasteiger partial charge in [0.2, 0.25) is 0 Å². The number of urea groups is 1. The average Bonchev–Trinajstić information content (AvgIpc) is 3.02. The molecular formula is C20H18FN3O3. The minimum atomic E-state index is -0.674. The van der Waals surface area contributed by atoms with Crippen molar-refractivity contribution in [2.75, 3.05) is 23.5 Å². The average molecular weight is 367 g/mol. The summed E-state index contributed by atoms with van der Waals surface area (Å²) in [4.78, 5) is 27.7.